The molecule has 5 nitrogen and oxygen atoms in total. The zero-order valence-electron chi connectivity index (χ0n) is 12.1. The molecule has 7 heteroatoms. The summed E-state index contributed by atoms with van der Waals surface area (Å²) < 4.78 is 7.29. The van der Waals surface area contributed by atoms with Gasteiger partial charge in [0.25, 0.3) is 0 Å². The number of hydrogen-bond acceptors (Lipinski definition) is 5. The van der Waals surface area contributed by atoms with Crippen molar-refractivity contribution < 1.29 is 4.74 Å². The van der Waals surface area contributed by atoms with Crippen molar-refractivity contribution in [1.29, 1.82) is 0 Å². The van der Waals surface area contributed by atoms with E-state index in [0.717, 1.165) is 46.0 Å². The lowest BCUT2D eigenvalue weighted by molar-refractivity contribution is 0.193. The van der Waals surface area contributed by atoms with Crippen LogP contribution in [0.5, 0.6) is 0 Å². The third-order valence-corrected chi connectivity index (χ3v) is 5.19. The van der Waals surface area contributed by atoms with Crippen LogP contribution in [-0.4, -0.2) is 40.9 Å². The molecule has 0 saturated carbocycles. The zero-order chi connectivity index (χ0) is 15.1. The summed E-state index contributed by atoms with van der Waals surface area (Å²) in [5, 5.41) is 6.34. The van der Waals surface area contributed by atoms with Crippen LogP contribution in [0.15, 0.2) is 30.5 Å². The van der Waals surface area contributed by atoms with Crippen molar-refractivity contribution in [3.63, 3.8) is 0 Å². The second kappa shape index (κ2) is 5.53. The van der Waals surface area contributed by atoms with Gasteiger partial charge in [-0.25, -0.2) is 9.50 Å². The van der Waals surface area contributed by atoms with Gasteiger partial charge in [-0.2, -0.15) is 0 Å². The van der Waals surface area contributed by atoms with Crippen LogP contribution in [-0.2, 0) is 4.74 Å². The number of benzene rings is 1. The largest absolute Gasteiger partial charge is 0.379 e. The van der Waals surface area contributed by atoms with Crippen LogP contribution in [0.4, 0.5) is 5.13 Å². The molecule has 4 rings (SSSR count). The van der Waals surface area contributed by atoms with Crippen molar-refractivity contribution in [3.05, 3.63) is 35.5 Å². The highest BCUT2D eigenvalue weighted by Crippen LogP contribution is 2.28. The zero-order valence-corrected chi connectivity index (χ0v) is 13.6. The van der Waals surface area contributed by atoms with E-state index in [-0.39, 0.29) is 0 Å². The SMILES string of the molecule is CN(c1nn2cc(-c3ccc(Cl)cc3)nc2s1)C1CCOC1. The second-order valence-electron chi connectivity index (χ2n) is 5.37. The minimum Gasteiger partial charge on any atom is -0.379 e. The Hall–Kier alpha value is -1.63. The van der Waals surface area contributed by atoms with Crippen LogP contribution in [0.1, 0.15) is 6.42 Å². The number of rotatable bonds is 3. The summed E-state index contributed by atoms with van der Waals surface area (Å²) in [6.07, 6.45) is 3.01. The fourth-order valence-electron chi connectivity index (χ4n) is 2.58. The van der Waals surface area contributed by atoms with E-state index in [1.54, 1.807) is 11.3 Å². The Morgan fingerprint density at radius 3 is 2.86 bits per heavy atom. The Kier molecular flexibility index (Phi) is 3.52. The number of hydrogen-bond donors (Lipinski definition) is 0. The van der Waals surface area contributed by atoms with E-state index in [0.29, 0.717) is 6.04 Å². The number of nitrogens with zero attached hydrogens (tertiary/aromatic N) is 4. The Balaban J connectivity index is 1.63. The molecular formula is C15H15ClN4OS. The Labute approximate surface area is 137 Å². The average molecular weight is 335 g/mol. The molecule has 0 spiro atoms. The molecule has 3 aromatic rings. The van der Waals surface area contributed by atoms with Gasteiger partial charge < -0.3 is 9.64 Å². The van der Waals surface area contributed by atoms with Gasteiger partial charge in [-0.3, -0.25) is 0 Å². The summed E-state index contributed by atoms with van der Waals surface area (Å²) in [6, 6.07) is 8.09. The quantitative estimate of drug-likeness (QED) is 0.736. The predicted octanol–water partition coefficient (Wildman–Crippen LogP) is 3.34. The van der Waals surface area contributed by atoms with E-state index < -0.39 is 0 Å². The molecule has 0 amide bonds. The van der Waals surface area contributed by atoms with E-state index in [9.17, 15) is 0 Å². The van der Waals surface area contributed by atoms with Crippen LogP contribution in [0.25, 0.3) is 16.2 Å². The monoisotopic (exact) mass is 334 g/mol. The molecule has 22 heavy (non-hydrogen) atoms. The first-order chi connectivity index (χ1) is 10.7. The van der Waals surface area contributed by atoms with Crippen LogP contribution >= 0.6 is 22.9 Å². The second-order valence-corrected chi connectivity index (χ2v) is 6.74. The maximum absolute atomic E-state index is 5.92. The summed E-state index contributed by atoms with van der Waals surface area (Å²) in [7, 11) is 2.07. The van der Waals surface area contributed by atoms with Gasteiger partial charge >= 0.3 is 0 Å². The van der Waals surface area contributed by atoms with Gasteiger partial charge in [-0.15, -0.1) is 5.10 Å². The maximum atomic E-state index is 5.92. The van der Waals surface area contributed by atoms with Gasteiger partial charge in [0.1, 0.15) is 0 Å². The smallest absolute Gasteiger partial charge is 0.214 e. The van der Waals surface area contributed by atoms with Crippen LogP contribution in [0.2, 0.25) is 5.02 Å². The molecule has 1 aromatic carbocycles. The lowest BCUT2D eigenvalue weighted by Gasteiger charge is -2.21. The third kappa shape index (κ3) is 2.47. The van der Waals surface area contributed by atoms with Crippen molar-refractivity contribution in [2.24, 2.45) is 0 Å². The fraction of sp³-hybridized carbons (Fsp3) is 0.333. The van der Waals surface area contributed by atoms with Gasteiger partial charge in [0, 0.05) is 24.2 Å². The first-order valence-corrected chi connectivity index (χ1v) is 8.33. The van der Waals surface area contributed by atoms with Gasteiger partial charge in [0.15, 0.2) is 0 Å². The van der Waals surface area contributed by atoms with Crippen LogP contribution in [0.3, 0.4) is 0 Å². The normalized spacial score (nSPS) is 18.2. The van der Waals surface area contributed by atoms with Crippen LogP contribution < -0.4 is 4.90 Å². The summed E-state index contributed by atoms with van der Waals surface area (Å²) in [6.45, 7) is 1.60. The van der Waals surface area contributed by atoms with E-state index in [2.05, 4.69) is 22.0 Å². The topological polar surface area (TPSA) is 42.7 Å². The highest BCUT2D eigenvalue weighted by Gasteiger charge is 2.23. The first kappa shape index (κ1) is 14.0. The Morgan fingerprint density at radius 1 is 1.36 bits per heavy atom. The first-order valence-electron chi connectivity index (χ1n) is 7.13. The van der Waals surface area contributed by atoms with Gasteiger partial charge in [0.2, 0.25) is 10.1 Å². The molecule has 1 aliphatic heterocycles. The lowest BCUT2D eigenvalue weighted by Crippen LogP contribution is -2.31. The molecule has 0 N–H and O–H groups in total. The third-order valence-electron chi connectivity index (χ3n) is 3.93. The number of likely N-dealkylation sites (N-methyl/N-ethyl adjacent to an activating group) is 1. The van der Waals surface area contributed by atoms with Crippen molar-refractivity contribution in [3.8, 4) is 11.3 Å². The molecule has 3 heterocycles. The number of imidazole rings is 1. The Morgan fingerprint density at radius 2 is 2.18 bits per heavy atom. The lowest BCUT2D eigenvalue weighted by atomic mass is 10.2. The average Bonchev–Trinajstić information content (AvgIpc) is 3.23. The standard InChI is InChI=1S/C15H15ClN4OS/c1-19(12-6-7-21-9-12)15-18-20-8-13(17-14(20)22-15)10-2-4-11(16)5-3-10/h2-5,8,12H,6-7,9H2,1H3. The number of ether oxygens (including phenoxy) is 1. The molecule has 0 aliphatic carbocycles. The van der Waals surface area contributed by atoms with Gasteiger partial charge in [-0.1, -0.05) is 35.1 Å². The molecular weight excluding hydrogens is 320 g/mol. The van der Waals surface area contributed by atoms with E-state index in [4.69, 9.17) is 16.3 Å². The maximum Gasteiger partial charge on any atom is 0.214 e. The summed E-state index contributed by atoms with van der Waals surface area (Å²) in [4.78, 5) is 7.74. The van der Waals surface area contributed by atoms with E-state index in [1.807, 2.05) is 35.0 Å². The number of anilines is 1. The summed E-state index contributed by atoms with van der Waals surface area (Å²) in [5.74, 6) is 0. The highest BCUT2D eigenvalue weighted by molar-refractivity contribution is 7.20. The minimum absolute atomic E-state index is 0.409. The van der Waals surface area contributed by atoms with Gasteiger partial charge in [0.05, 0.1) is 24.5 Å². The molecule has 1 unspecified atom stereocenters. The molecule has 1 saturated heterocycles. The number of aromatic nitrogens is 3. The number of fused-ring (bicyclic) bond motifs is 1. The van der Waals surface area contributed by atoms with E-state index >= 15 is 0 Å². The van der Waals surface area contributed by atoms with Crippen LogP contribution in [0, 0.1) is 0 Å². The molecule has 1 aliphatic rings. The van der Waals surface area contributed by atoms with Crippen molar-refractivity contribution in [2.75, 3.05) is 25.2 Å². The molecule has 0 radical (unpaired) electrons. The summed E-state index contributed by atoms with van der Waals surface area (Å²) >= 11 is 7.52. The fourth-order valence-corrected chi connectivity index (χ4v) is 3.62. The van der Waals surface area contributed by atoms with Crippen molar-refractivity contribution >= 4 is 33.0 Å². The van der Waals surface area contributed by atoms with E-state index in [1.165, 1.54) is 0 Å². The molecule has 1 fully saturated rings. The molecule has 0 bridgehead atoms. The predicted molar refractivity (Wildman–Crippen MR) is 88.9 cm³/mol. The minimum atomic E-state index is 0.409. The number of halogens is 1. The van der Waals surface area contributed by atoms with Gasteiger partial charge in [-0.05, 0) is 18.6 Å². The van der Waals surface area contributed by atoms with Crippen molar-refractivity contribution in [1.82, 2.24) is 14.6 Å². The molecule has 1 atom stereocenters. The highest BCUT2D eigenvalue weighted by atomic mass is 35.5. The van der Waals surface area contributed by atoms with Crippen molar-refractivity contribution in [2.45, 2.75) is 12.5 Å². The Bertz CT molecular complexity index is 760. The summed E-state index contributed by atoms with van der Waals surface area (Å²) in [5.41, 5.74) is 1.95. The molecule has 114 valence electrons. The molecule has 2 aromatic heterocycles.